The fourth-order valence-corrected chi connectivity index (χ4v) is 2.47. The summed E-state index contributed by atoms with van der Waals surface area (Å²) in [5.74, 6) is 0.754. The molecule has 0 heterocycles. The number of hydrogen-bond donors (Lipinski definition) is 2. The van der Waals surface area contributed by atoms with Gasteiger partial charge >= 0.3 is 6.03 Å². The van der Waals surface area contributed by atoms with Crippen LogP contribution in [0.25, 0.3) is 0 Å². The highest BCUT2D eigenvalue weighted by molar-refractivity contribution is 6.30. The van der Waals surface area contributed by atoms with Gasteiger partial charge in [0.05, 0.1) is 6.54 Å². The number of nitrogens with one attached hydrogen (secondary N) is 2. The first-order valence-corrected chi connectivity index (χ1v) is 7.54. The van der Waals surface area contributed by atoms with E-state index < -0.39 is 0 Å². The van der Waals surface area contributed by atoms with Crippen LogP contribution in [0.3, 0.4) is 0 Å². The summed E-state index contributed by atoms with van der Waals surface area (Å²) in [5.41, 5.74) is 0. The SMILES string of the molecule is O=C(NCCOc1ccc(Cl)cc1)NC1CCCCC1. The molecule has 0 aliphatic heterocycles. The molecule has 20 heavy (non-hydrogen) atoms. The molecule has 1 aromatic rings. The van der Waals surface area contributed by atoms with E-state index in [9.17, 15) is 4.79 Å². The first-order chi connectivity index (χ1) is 9.74. The minimum absolute atomic E-state index is 0.100. The Kier molecular flexibility index (Phi) is 5.99. The summed E-state index contributed by atoms with van der Waals surface area (Å²) in [6, 6.07) is 7.41. The van der Waals surface area contributed by atoms with Gasteiger partial charge in [-0.1, -0.05) is 30.9 Å². The zero-order chi connectivity index (χ0) is 14.2. The molecule has 0 radical (unpaired) electrons. The van der Waals surface area contributed by atoms with Crippen LogP contribution in [0.15, 0.2) is 24.3 Å². The number of urea groups is 1. The largest absolute Gasteiger partial charge is 0.492 e. The lowest BCUT2D eigenvalue weighted by atomic mass is 9.96. The van der Waals surface area contributed by atoms with Crippen LogP contribution in [0, 0.1) is 0 Å². The number of carbonyl (C=O) groups is 1. The Morgan fingerprint density at radius 3 is 2.60 bits per heavy atom. The van der Waals surface area contributed by atoms with E-state index in [1.807, 2.05) is 12.1 Å². The van der Waals surface area contributed by atoms with Crippen LogP contribution < -0.4 is 15.4 Å². The topological polar surface area (TPSA) is 50.4 Å². The van der Waals surface area contributed by atoms with E-state index in [-0.39, 0.29) is 6.03 Å². The first-order valence-electron chi connectivity index (χ1n) is 7.17. The highest BCUT2D eigenvalue weighted by atomic mass is 35.5. The molecule has 110 valence electrons. The molecule has 0 atom stereocenters. The average molecular weight is 297 g/mol. The average Bonchev–Trinajstić information content (AvgIpc) is 2.46. The lowest BCUT2D eigenvalue weighted by Gasteiger charge is -2.22. The molecular formula is C15H21ClN2O2. The fraction of sp³-hybridized carbons (Fsp3) is 0.533. The first kappa shape index (κ1) is 15.0. The zero-order valence-corrected chi connectivity index (χ0v) is 12.3. The molecule has 2 N–H and O–H groups in total. The molecule has 1 fully saturated rings. The number of carbonyl (C=O) groups excluding carboxylic acids is 1. The van der Waals surface area contributed by atoms with Crippen molar-refractivity contribution in [1.29, 1.82) is 0 Å². The Bertz CT molecular complexity index is 416. The molecule has 1 saturated carbocycles. The van der Waals surface area contributed by atoms with Crippen molar-refractivity contribution < 1.29 is 9.53 Å². The monoisotopic (exact) mass is 296 g/mol. The second-order valence-electron chi connectivity index (χ2n) is 5.04. The molecular weight excluding hydrogens is 276 g/mol. The Morgan fingerprint density at radius 1 is 1.20 bits per heavy atom. The normalized spacial score (nSPS) is 15.7. The van der Waals surface area contributed by atoms with E-state index in [0.29, 0.717) is 24.2 Å². The third-order valence-electron chi connectivity index (χ3n) is 3.41. The van der Waals surface area contributed by atoms with Gasteiger partial charge in [0.25, 0.3) is 0 Å². The summed E-state index contributed by atoms with van der Waals surface area (Å²) in [6.45, 7) is 0.931. The van der Waals surface area contributed by atoms with Crippen molar-refractivity contribution in [2.75, 3.05) is 13.2 Å². The molecule has 2 rings (SSSR count). The van der Waals surface area contributed by atoms with E-state index in [4.69, 9.17) is 16.3 Å². The Hall–Kier alpha value is -1.42. The van der Waals surface area contributed by atoms with Crippen LogP contribution in [0.1, 0.15) is 32.1 Å². The van der Waals surface area contributed by atoms with Gasteiger partial charge in [0, 0.05) is 11.1 Å². The number of ether oxygens (including phenoxy) is 1. The van der Waals surface area contributed by atoms with E-state index in [2.05, 4.69) is 10.6 Å². The van der Waals surface area contributed by atoms with E-state index in [1.54, 1.807) is 12.1 Å². The van der Waals surface area contributed by atoms with Gasteiger partial charge in [0.15, 0.2) is 0 Å². The number of amides is 2. The number of rotatable bonds is 5. The smallest absolute Gasteiger partial charge is 0.315 e. The quantitative estimate of drug-likeness (QED) is 0.819. The number of halogens is 1. The maximum atomic E-state index is 11.7. The highest BCUT2D eigenvalue weighted by Gasteiger charge is 2.14. The summed E-state index contributed by atoms with van der Waals surface area (Å²) in [5, 5.41) is 6.50. The zero-order valence-electron chi connectivity index (χ0n) is 11.5. The molecule has 0 unspecified atom stereocenters. The summed E-state index contributed by atoms with van der Waals surface area (Å²) in [4.78, 5) is 11.7. The molecule has 0 bridgehead atoms. The molecule has 5 heteroatoms. The van der Waals surface area contributed by atoms with Gasteiger partial charge in [-0.15, -0.1) is 0 Å². The van der Waals surface area contributed by atoms with Crippen LogP contribution in [0.2, 0.25) is 5.02 Å². The van der Waals surface area contributed by atoms with Crippen molar-refractivity contribution >= 4 is 17.6 Å². The summed E-state index contributed by atoms with van der Waals surface area (Å²) in [7, 11) is 0. The van der Waals surface area contributed by atoms with E-state index >= 15 is 0 Å². The lowest BCUT2D eigenvalue weighted by molar-refractivity contribution is 0.228. The van der Waals surface area contributed by atoms with Crippen molar-refractivity contribution in [2.45, 2.75) is 38.1 Å². The molecule has 0 saturated heterocycles. The Labute approximate surface area is 124 Å². The maximum Gasteiger partial charge on any atom is 0.315 e. The standard InChI is InChI=1S/C15H21ClN2O2/c16-12-6-8-14(9-7-12)20-11-10-17-15(19)18-13-4-2-1-3-5-13/h6-9,13H,1-5,10-11H2,(H2,17,18,19). The van der Waals surface area contributed by atoms with Gasteiger partial charge in [-0.2, -0.15) is 0 Å². The summed E-state index contributed by atoms with van der Waals surface area (Å²) in [6.07, 6.45) is 5.90. The fourth-order valence-electron chi connectivity index (χ4n) is 2.35. The number of hydrogen-bond acceptors (Lipinski definition) is 2. The third kappa shape index (κ3) is 5.29. The predicted octanol–water partition coefficient (Wildman–Crippen LogP) is 3.35. The Morgan fingerprint density at radius 2 is 1.90 bits per heavy atom. The molecule has 1 aliphatic rings. The van der Waals surface area contributed by atoms with Crippen molar-refractivity contribution in [1.82, 2.24) is 10.6 Å². The van der Waals surface area contributed by atoms with E-state index in [1.165, 1.54) is 19.3 Å². The van der Waals surface area contributed by atoms with Crippen LogP contribution in [-0.4, -0.2) is 25.2 Å². The van der Waals surface area contributed by atoms with Gasteiger partial charge < -0.3 is 15.4 Å². The van der Waals surface area contributed by atoms with Gasteiger partial charge in [-0.25, -0.2) is 4.79 Å². The minimum atomic E-state index is -0.100. The van der Waals surface area contributed by atoms with Crippen LogP contribution in [0.5, 0.6) is 5.75 Å². The molecule has 4 nitrogen and oxygen atoms in total. The van der Waals surface area contributed by atoms with Gasteiger partial charge in [-0.05, 0) is 37.1 Å². The predicted molar refractivity (Wildman–Crippen MR) is 80.4 cm³/mol. The molecule has 0 spiro atoms. The lowest BCUT2D eigenvalue weighted by Crippen LogP contribution is -2.44. The second-order valence-corrected chi connectivity index (χ2v) is 5.47. The molecule has 1 aromatic carbocycles. The summed E-state index contributed by atoms with van der Waals surface area (Å²) < 4.78 is 5.50. The molecule has 0 aromatic heterocycles. The third-order valence-corrected chi connectivity index (χ3v) is 3.66. The minimum Gasteiger partial charge on any atom is -0.492 e. The summed E-state index contributed by atoms with van der Waals surface area (Å²) >= 11 is 5.79. The van der Waals surface area contributed by atoms with Crippen molar-refractivity contribution in [3.63, 3.8) is 0 Å². The Balaban J connectivity index is 1.58. The maximum absolute atomic E-state index is 11.7. The van der Waals surface area contributed by atoms with Gasteiger partial charge in [0.2, 0.25) is 0 Å². The van der Waals surface area contributed by atoms with Gasteiger partial charge in [0.1, 0.15) is 12.4 Å². The van der Waals surface area contributed by atoms with Crippen LogP contribution in [-0.2, 0) is 0 Å². The van der Waals surface area contributed by atoms with Crippen LogP contribution in [0.4, 0.5) is 4.79 Å². The van der Waals surface area contributed by atoms with Crippen molar-refractivity contribution in [3.05, 3.63) is 29.3 Å². The number of benzene rings is 1. The molecule has 2 amide bonds. The van der Waals surface area contributed by atoms with Gasteiger partial charge in [-0.3, -0.25) is 0 Å². The van der Waals surface area contributed by atoms with Crippen molar-refractivity contribution in [2.24, 2.45) is 0 Å². The van der Waals surface area contributed by atoms with E-state index in [0.717, 1.165) is 18.6 Å². The molecule has 1 aliphatic carbocycles. The second kappa shape index (κ2) is 8.00. The highest BCUT2D eigenvalue weighted by Crippen LogP contribution is 2.17. The van der Waals surface area contributed by atoms with Crippen molar-refractivity contribution in [3.8, 4) is 5.75 Å². The van der Waals surface area contributed by atoms with Crippen LogP contribution >= 0.6 is 11.6 Å².